The van der Waals surface area contributed by atoms with Gasteiger partial charge in [-0.25, -0.2) is 4.39 Å². The van der Waals surface area contributed by atoms with Gasteiger partial charge in [-0.15, -0.1) is 0 Å². The Hall–Kier alpha value is -0.660. The summed E-state index contributed by atoms with van der Waals surface area (Å²) in [5.74, 6) is -0.241. The molecule has 0 bridgehead atoms. The van der Waals surface area contributed by atoms with Crippen LogP contribution in [0.2, 0.25) is 0 Å². The van der Waals surface area contributed by atoms with Crippen molar-refractivity contribution in [3.05, 3.63) is 11.6 Å². The molecule has 0 saturated heterocycles. The molecule has 1 saturated carbocycles. The van der Waals surface area contributed by atoms with Crippen LogP contribution >= 0.6 is 0 Å². The summed E-state index contributed by atoms with van der Waals surface area (Å²) in [4.78, 5) is 11.2. The third-order valence-corrected chi connectivity index (χ3v) is 2.18. The van der Waals surface area contributed by atoms with Crippen molar-refractivity contribution in [2.45, 2.75) is 45.2 Å². The molecule has 0 aromatic heterocycles. The Morgan fingerprint density at radius 3 is 2.67 bits per heavy atom. The fourth-order valence-corrected chi connectivity index (χ4v) is 1.63. The van der Waals surface area contributed by atoms with Crippen LogP contribution in [0.5, 0.6) is 0 Å². The highest BCUT2D eigenvalue weighted by Crippen LogP contribution is 2.30. The molecular weight excluding hydrogens is 155 g/mol. The Kier molecular flexibility index (Phi) is 2.65. The van der Waals surface area contributed by atoms with Gasteiger partial charge in [0, 0.05) is 6.42 Å². The number of carbonyl (C=O) groups is 1. The van der Waals surface area contributed by atoms with Gasteiger partial charge in [-0.3, -0.25) is 4.79 Å². The Balaban J connectivity index is 2.80. The van der Waals surface area contributed by atoms with Crippen molar-refractivity contribution in [3.63, 3.8) is 0 Å². The van der Waals surface area contributed by atoms with E-state index < -0.39 is 5.67 Å². The highest BCUT2D eigenvalue weighted by atomic mass is 19.1. The first-order valence-electron chi connectivity index (χ1n) is 4.43. The van der Waals surface area contributed by atoms with E-state index in [1.165, 1.54) is 6.08 Å². The fourth-order valence-electron chi connectivity index (χ4n) is 1.63. The van der Waals surface area contributed by atoms with Crippen LogP contribution in [0.15, 0.2) is 11.6 Å². The lowest BCUT2D eigenvalue weighted by atomic mass is 9.84. The molecule has 1 fully saturated rings. The molecule has 1 aliphatic rings. The van der Waals surface area contributed by atoms with Crippen molar-refractivity contribution in [3.8, 4) is 0 Å². The molecule has 0 aromatic carbocycles. The van der Waals surface area contributed by atoms with Crippen LogP contribution in [0.1, 0.15) is 39.5 Å². The maximum absolute atomic E-state index is 13.8. The molecule has 1 aliphatic carbocycles. The number of halogens is 1. The molecule has 0 aromatic rings. The maximum Gasteiger partial charge on any atom is 0.187 e. The number of hydrogen-bond acceptors (Lipinski definition) is 1. The third-order valence-electron chi connectivity index (χ3n) is 2.18. The van der Waals surface area contributed by atoms with Gasteiger partial charge in [0.2, 0.25) is 0 Å². The molecule has 1 rings (SSSR count). The first kappa shape index (κ1) is 9.43. The SMILES string of the molecule is CC(C)=C[C@]1(F)CCCCC1=O. The second-order valence-electron chi connectivity index (χ2n) is 3.71. The van der Waals surface area contributed by atoms with Gasteiger partial charge in [0.25, 0.3) is 0 Å². The third kappa shape index (κ3) is 1.93. The van der Waals surface area contributed by atoms with Crippen molar-refractivity contribution in [2.75, 3.05) is 0 Å². The number of alkyl halides is 1. The minimum Gasteiger partial charge on any atom is -0.296 e. The van der Waals surface area contributed by atoms with Crippen LogP contribution in [0.25, 0.3) is 0 Å². The molecule has 0 N–H and O–H groups in total. The zero-order valence-corrected chi connectivity index (χ0v) is 7.69. The summed E-state index contributed by atoms with van der Waals surface area (Å²) in [6.07, 6.45) is 3.92. The minimum atomic E-state index is -1.64. The summed E-state index contributed by atoms with van der Waals surface area (Å²) in [6.45, 7) is 3.65. The zero-order valence-electron chi connectivity index (χ0n) is 7.69. The summed E-state index contributed by atoms with van der Waals surface area (Å²) in [6, 6.07) is 0. The average molecular weight is 170 g/mol. The van der Waals surface area contributed by atoms with Crippen molar-refractivity contribution in [1.29, 1.82) is 0 Å². The molecule has 68 valence electrons. The van der Waals surface area contributed by atoms with Gasteiger partial charge in [-0.05, 0) is 39.2 Å². The molecule has 12 heavy (non-hydrogen) atoms. The Morgan fingerprint density at radius 1 is 1.50 bits per heavy atom. The van der Waals surface area contributed by atoms with E-state index in [2.05, 4.69) is 0 Å². The predicted molar refractivity (Wildman–Crippen MR) is 46.7 cm³/mol. The van der Waals surface area contributed by atoms with Gasteiger partial charge < -0.3 is 0 Å². The van der Waals surface area contributed by atoms with Gasteiger partial charge in [0.05, 0.1) is 0 Å². The van der Waals surface area contributed by atoms with E-state index in [4.69, 9.17) is 0 Å². The number of hydrogen-bond donors (Lipinski definition) is 0. The average Bonchev–Trinajstić information content (AvgIpc) is 1.94. The molecule has 1 nitrogen and oxygen atoms in total. The maximum atomic E-state index is 13.8. The van der Waals surface area contributed by atoms with Crippen LogP contribution in [-0.2, 0) is 4.79 Å². The number of carbonyl (C=O) groups excluding carboxylic acids is 1. The van der Waals surface area contributed by atoms with Gasteiger partial charge in [-0.2, -0.15) is 0 Å². The van der Waals surface area contributed by atoms with Crippen LogP contribution in [0.4, 0.5) is 4.39 Å². The van der Waals surface area contributed by atoms with E-state index in [9.17, 15) is 9.18 Å². The number of rotatable bonds is 1. The van der Waals surface area contributed by atoms with Gasteiger partial charge in [-0.1, -0.05) is 5.57 Å². The summed E-state index contributed by atoms with van der Waals surface area (Å²) in [5.41, 5.74) is -0.760. The normalized spacial score (nSPS) is 30.1. The minimum absolute atomic E-state index is 0.241. The van der Waals surface area contributed by atoms with E-state index in [1.807, 2.05) is 13.8 Å². The topological polar surface area (TPSA) is 17.1 Å². The second-order valence-corrected chi connectivity index (χ2v) is 3.71. The molecule has 0 aliphatic heterocycles. The quantitative estimate of drug-likeness (QED) is 0.553. The molecule has 0 amide bonds. The van der Waals surface area contributed by atoms with Gasteiger partial charge >= 0.3 is 0 Å². The van der Waals surface area contributed by atoms with Crippen molar-refractivity contribution >= 4 is 5.78 Å². The lowest BCUT2D eigenvalue weighted by Gasteiger charge is -2.25. The molecule has 0 heterocycles. The molecule has 0 spiro atoms. The fraction of sp³-hybridized carbons (Fsp3) is 0.700. The van der Waals surface area contributed by atoms with Crippen LogP contribution in [0, 0.1) is 0 Å². The Morgan fingerprint density at radius 2 is 2.17 bits per heavy atom. The van der Waals surface area contributed by atoms with E-state index in [0.717, 1.165) is 18.4 Å². The number of ketones is 1. The molecular formula is C10H15FO. The first-order valence-corrected chi connectivity index (χ1v) is 4.43. The largest absolute Gasteiger partial charge is 0.296 e. The van der Waals surface area contributed by atoms with Crippen LogP contribution < -0.4 is 0 Å². The number of Topliss-reactive ketones (excluding diaryl/α,β-unsaturated/α-hetero) is 1. The summed E-state index contributed by atoms with van der Waals surface area (Å²) < 4.78 is 13.8. The van der Waals surface area contributed by atoms with E-state index in [0.29, 0.717) is 12.8 Å². The van der Waals surface area contributed by atoms with E-state index >= 15 is 0 Å². The van der Waals surface area contributed by atoms with Gasteiger partial charge in [0.15, 0.2) is 11.5 Å². The summed E-state index contributed by atoms with van der Waals surface area (Å²) >= 11 is 0. The van der Waals surface area contributed by atoms with E-state index in [-0.39, 0.29) is 5.78 Å². The van der Waals surface area contributed by atoms with Crippen molar-refractivity contribution < 1.29 is 9.18 Å². The van der Waals surface area contributed by atoms with Crippen LogP contribution in [-0.4, -0.2) is 11.5 Å². The van der Waals surface area contributed by atoms with Crippen LogP contribution in [0.3, 0.4) is 0 Å². The Labute approximate surface area is 72.7 Å². The van der Waals surface area contributed by atoms with Crippen molar-refractivity contribution in [2.24, 2.45) is 0 Å². The zero-order chi connectivity index (χ0) is 9.19. The highest BCUT2D eigenvalue weighted by molar-refractivity contribution is 5.90. The second kappa shape index (κ2) is 3.38. The monoisotopic (exact) mass is 170 g/mol. The smallest absolute Gasteiger partial charge is 0.187 e. The lowest BCUT2D eigenvalue weighted by Crippen LogP contribution is -2.34. The molecule has 0 unspecified atom stereocenters. The van der Waals surface area contributed by atoms with E-state index in [1.54, 1.807) is 0 Å². The molecule has 0 radical (unpaired) electrons. The standard InChI is InChI=1S/C10H15FO/c1-8(2)7-10(11)6-4-3-5-9(10)12/h7H,3-6H2,1-2H3/t10-/m1/s1. The highest BCUT2D eigenvalue weighted by Gasteiger charge is 2.37. The molecule has 1 atom stereocenters. The van der Waals surface area contributed by atoms with Crippen molar-refractivity contribution in [1.82, 2.24) is 0 Å². The summed E-state index contributed by atoms with van der Waals surface area (Å²) in [5, 5.41) is 0. The predicted octanol–water partition coefficient (Wildman–Crippen LogP) is 2.80. The molecule has 2 heteroatoms. The lowest BCUT2D eigenvalue weighted by molar-refractivity contribution is -0.130. The van der Waals surface area contributed by atoms with Gasteiger partial charge in [0.1, 0.15) is 0 Å². The first-order chi connectivity index (χ1) is 5.54. The summed E-state index contributed by atoms with van der Waals surface area (Å²) in [7, 11) is 0. The Bertz CT molecular complexity index is 216. The number of allylic oxidation sites excluding steroid dienone is 2.